The second kappa shape index (κ2) is 7.68. The standard InChI is InChI=1S/C17H20BrFN2S/c18-15-6-11-22-17(15)13-21-8-3-7-20(9-10-21)12-14-4-1-2-5-16(14)19/h1-2,4-6,11H,3,7-10,12-13H2. The van der Waals surface area contributed by atoms with E-state index >= 15 is 0 Å². The molecule has 2 aromatic rings. The molecule has 2 nitrogen and oxygen atoms in total. The molecule has 1 fully saturated rings. The molecule has 0 bridgehead atoms. The van der Waals surface area contributed by atoms with Gasteiger partial charge in [-0.3, -0.25) is 9.80 Å². The Hall–Kier alpha value is -0.750. The van der Waals surface area contributed by atoms with Gasteiger partial charge in [0.05, 0.1) is 0 Å². The molecule has 118 valence electrons. The average molecular weight is 383 g/mol. The fourth-order valence-corrected chi connectivity index (χ4v) is 4.37. The van der Waals surface area contributed by atoms with Crippen LogP contribution >= 0.6 is 27.3 Å². The van der Waals surface area contributed by atoms with Crippen LogP contribution in [-0.4, -0.2) is 36.0 Å². The Labute approximate surface area is 143 Å². The maximum atomic E-state index is 13.8. The molecule has 1 saturated heterocycles. The summed E-state index contributed by atoms with van der Waals surface area (Å²) in [7, 11) is 0. The predicted octanol–water partition coefficient (Wildman–Crippen LogP) is 4.36. The van der Waals surface area contributed by atoms with Crippen molar-refractivity contribution in [2.45, 2.75) is 19.5 Å². The molecule has 1 aliphatic rings. The molecule has 1 aromatic carbocycles. The molecule has 0 saturated carbocycles. The van der Waals surface area contributed by atoms with Crippen molar-refractivity contribution in [3.05, 3.63) is 56.4 Å². The third-order valence-corrected chi connectivity index (χ3v) is 6.00. The summed E-state index contributed by atoms with van der Waals surface area (Å²) in [6.45, 7) is 5.90. The van der Waals surface area contributed by atoms with Crippen LogP contribution in [-0.2, 0) is 13.1 Å². The monoisotopic (exact) mass is 382 g/mol. The maximum Gasteiger partial charge on any atom is 0.127 e. The molecule has 0 atom stereocenters. The smallest absolute Gasteiger partial charge is 0.127 e. The van der Waals surface area contributed by atoms with E-state index in [1.807, 2.05) is 12.1 Å². The normalized spacial score (nSPS) is 17.5. The zero-order valence-electron chi connectivity index (χ0n) is 12.5. The lowest BCUT2D eigenvalue weighted by Gasteiger charge is -2.21. The van der Waals surface area contributed by atoms with Gasteiger partial charge in [0.1, 0.15) is 5.82 Å². The number of hydrogen-bond donors (Lipinski definition) is 0. The highest BCUT2D eigenvalue weighted by Crippen LogP contribution is 2.24. The van der Waals surface area contributed by atoms with Crippen LogP contribution < -0.4 is 0 Å². The van der Waals surface area contributed by atoms with E-state index in [0.717, 1.165) is 44.7 Å². The van der Waals surface area contributed by atoms with Gasteiger partial charge in [-0.2, -0.15) is 0 Å². The SMILES string of the molecule is Fc1ccccc1CN1CCCN(Cc2sccc2Br)CC1. The second-order valence-electron chi connectivity index (χ2n) is 5.69. The lowest BCUT2D eigenvalue weighted by Crippen LogP contribution is -2.30. The van der Waals surface area contributed by atoms with Crippen molar-refractivity contribution < 1.29 is 4.39 Å². The summed E-state index contributed by atoms with van der Waals surface area (Å²) in [5.41, 5.74) is 0.803. The van der Waals surface area contributed by atoms with Crippen LogP contribution in [0.25, 0.3) is 0 Å². The van der Waals surface area contributed by atoms with Crippen molar-refractivity contribution in [1.29, 1.82) is 0 Å². The van der Waals surface area contributed by atoms with Gasteiger partial charge in [-0.25, -0.2) is 4.39 Å². The van der Waals surface area contributed by atoms with E-state index in [2.05, 4.69) is 37.2 Å². The van der Waals surface area contributed by atoms with Gasteiger partial charge in [0, 0.05) is 41.1 Å². The van der Waals surface area contributed by atoms with Gasteiger partial charge in [0.25, 0.3) is 0 Å². The Morgan fingerprint density at radius 2 is 1.73 bits per heavy atom. The number of thiophene rings is 1. The summed E-state index contributed by atoms with van der Waals surface area (Å²) >= 11 is 5.41. The summed E-state index contributed by atoms with van der Waals surface area (Å²) in [6, 6.07) is 9.22. The first-order valence-electron chi connectivity index (χ1n) is 7.62. The highest BCUT2D eigenvalue weighted by Gasteiger charge is 2.17. The molecule has 1 aliphatic heterocycles. The summed E-state index contributed by atoms with van der Waals surface area (Å²) in [6.07, 6.45) is 1.14. The van der Waals surface area contributed by atoms with Crippen LogP contribution in [0.4, 0.5) is 4.39 Å². The summed E-state index contributed by atoms with van der Waals surface area (Å²) in [5, 5.41) is 2.13. The van der Waals surface area contributed by atoms with E-state index in [4.69, 9.17) is 0 Å². The molecule has 0 N–H and O–H groups in total. The second-order valence-corrected chi connectivity index (χ2v) is 7.54. The van der Waals surface area contributed by atoms with Gasteiger partial charge in [-0.05, 0) is 53.0 Å². The van der Waals surface area contributed by atoms with Crippen LogP contribution in [0.3, 0.4) is 0 Å². The molecular formula is C17H20BrFN2S. The Kier molecular flexibility index (Phi) is 5.63. The fraction of sp³-hybridized carbons (Fsp3) is 0.412. The zero-order chi connectivity index (χ0) is 15.4. The molecule has 3 rings (SSSR count). The average Bonchev–Trinajstić information content (AvgIpc) is 2.78. The molecule has 2 heterocycles. The fourth-order valence-electron chi connectivity index (χ4n) is 2.85. The first-order chi connectivity index (χ1) is 10.7. The molecule has 22 heavy (non-hydrogen) atoms. The largest absolute Gasteiger partial charge is 0.298 e. The van der Waals surface area contributed by atoms with Gasteiger partial charge >= 0.3 is 0 Å². The van der Waals surface area contributed by atoms with Crippen molar-refractivity contribution in [1.82, 2.24) is 9.80 Å². The van der Waals surface area contributed by atoms with Gasteiger partial charge in [0.2, 0.25) is 0 Å². The Bertz CT molecular complexity index is 616. The van der Waals surface area contributed by atoms with Crippen LogP contribution in [0.2, 0.25) is 0 Å². The molecular weight excluding hydrogens is 363 g/mol. The maximum absolute atomic E-state index is 13.8. The summed E-state index contributed by atoms with van der Waals surface area (Å²) in [5.74, 6) is -0.0916. The first-order valence-corrected chi connectivity index (χ1v) is 9.29. The molecule has 0 radical (unpaired) electrons. The van der Waals surface area contributed by atoms with E-state index in [-0.39, 0.29) is 5.82 Å². The molecule has 5 heteroatoms. The number of hydrogen-bond acceptors (Lipinski definition) is 3. The van der Waals surface area contributed by atoms with Crippen molar-refractivity contribution in [3.8, 4) is 0 Å². The number of rotatable bonds is 4. The highest BCUT2D eigenvalue weighted by molar-refractivity contribution is 9.10. The van der Waals surface area contributed by atoms with Crippen molar-refractivity contribution in [2.75, 3.05) is 26.2 Å². The van der Waals surface area contributed by atoms with E-state index < -0.39 is 0 Å². The summed E-state index contributed by atoms with van der Waals surface area (Å²) in [4.78, 5) is 6.25. The lowest BCUT2D eigenvalue weighted by molar-refractivity contribution is 0.246. The zero-order valence-corrected chi connectivity index (χ0v) is 14.9. The predicted molar refractivity (Wildman–Crippen MR) is 93.6 cm³/mol. The van der Waals surface area contributed by atoms with Gasteiger partial charge in [-0.15, -0.1) is 11.3 Å². The molecule has 0 aliphatic carbocycles. The van der Waals surface area contributed by atoms with Gasteiger partial charge in [-0.1, -0.05) is 18.2 Å². The topological polar surface area (TPSA) is 6.48 Å². The Balaban J connectivity index is 1.56. The van der Waals surface area contributed by atoms with E-state index in [1.165, 1.54) is 9.35 Å². The number of halogens is 2. The van der Waals surface area contributed by atoms with Gasteiger partial charge in [0.15, 0.2) is 0 Å². The number of nitrogens with zero attached hydrogens (tertiary/aromatic N) is 2. The van der Waals surface area contributed by atoms with E-state index in [0.29, 0.717) is 6.54 Å². The van der Waals surface area contributed by atoms with E-state index in [9.17, 15) is 4.39 Å². The van der Waals surface area contributed by atoms with Crippen molar-refractivity contribution in [3.63, 3.8) is 0 Å². The van der Waals surface area contributed by atoms with Crippen LogP contribution in [0.15, 0.2) is 40.2 Å². The van der Waals surface area contributed by atoms with Crippen LogP contribution in [0.1, 0.15) is 16.9 Å². The minimum absolute atomic E-state index is 0.0916. The van der Waals surface area contributed by atoms with Crippen molar-refractivity contribution >= 4 is 27.3 Å². The molecule has 0 unspecified atom stereocenters. The van der Waals surface area contributed by atoms with Crippen LogP contribution in [0.5, 0.6) is 0 Å². The highest BCUT2D eigenvalue weighted by atomic mass is 79.9. The van der Waals surface area contributed by atoms with Crippen LogP contribution in [0, 0.1) is 5.82 Å². The third-order valence-electron chi connectivity index (χ3n) is 4.09. The third kappa shape index (κ3) is 4.16. The minimum Gasteiger partial charge on any atom is -0.298 e. The quantitative estimate of drug-likeness (QED) is 0.774. The Morgan fingerprint density at radius 1 is 1.00 bits per heavy atom. The number of benzene rings is 1. The van der Waals surface area contributed by atoms with E-state index in [1.54, 1.807) is 23.5 Å². The summed E-state index contributed by atoms with van der Waals surface area (Å²) < 4.78 is 15.0. The Morgan fingerprint density at radius 3 is 2.41 bits per heavy atom. The lowest BCUT2D eigenvalue weighted by atomic mass is 10.2. The van der Waals surface area contributed by atoms with Gasteiger partial charge < -0.3 is 0 Å². The van der Waals surface area contributed by atoms with Crippen molar-refractivity contribution in [2.24, 2.45) is 0 Å². The molecule has 0 amide bonds. The first kappa shape index (κ1) is 16.1. The molecule has 1 aromatic heterocycles. The molecule has 0 spiro atoms. The minimum atomic E-state index is -0.0916.